The zero-order chi connectivity index (χ0) is 19.1. The lowest BCUT2D eigenvalue weighted by molar-refractivity contribution is -0.117. The standard InChI is InChI=1S/C19H23N3O4/c1-12(2)10-17(23)21-14-4-6-15(7-5-14)22-18(24)11-20-19(25)16-8-9-26-13(16)3/h4-9,12H,10-11H2,1-3H3,(H,20,25)(H,21,23)(H,22,24). The number of hydrogen-bond donors (Lipinski definition) is 3. The van der Waals surface area contributed by atoms with Crippen LogP contribution in [0.1, 0.15) is 36.4 Å². The molecule has 0 aliphatic rings. The number of anilines is 2. The van der Waals surface area contributed by atoms with Gasteiger partial charge in [-0.1, -0.05) is 13.8 Å². The van der Waals surface area contributed by atoms with Crippen molar-refractivity contribution in [1.82, 2.24) is 5.32 Å². The lowest BCUT2D eigenvalue weighted by atomic mass is 10.1. The first-order valence-corrected chi connectivity index (χ1v) is 8.37. The smallest absolute Gasteiger partial charge is 0.255 e. The fourth-order valence-electron chi connectivity index (χ4n) is 2.30. The summed E-state index contributed by atoms with van der Waals surface area (Å²) in [6.45, 7) is 5.47. The van der Waals surface area contributed by atoms with Crippen LogP contribution in [0.3, 0.4) is 0 Å². The molecule has 0 atom stereocenters. The highest BCUT2D eigenvalue weighted by Crippen LogP contribution is 2.14. The van der Waals surface area contributed by atoms with E-state index >= 15 is 0 Å². The van der Waals surface area contributed by atoms with Crippen LogP contribution in [-0.4, -0.2) is 24.3 Å². The second-order valence-corrected chi connectivity index (χ2v) is 6.34. The van der Waals surface area contributed by atoms with Crippen molar-refractivity contribution in [1.29, 1.82) is 0 Å². The number of amides is 3. The van der Waals surface area contributed by atoms with Gasteiger partial charge in [-0.05, 0) is 43.2 Å². The van der Waals surface area contributed by atoms with Gasteiger partial charge in [0.15, 0.2) is 0 Å². The Morgan fingerprint density at radius 2 is 1.54 bits per heavy atom. The highest BCUT2D eigenvalue weighted by Gasteiger charge is 2.12. The Morgan fingerprint density at radius 3 is 2.04 bits per heavy atom. The molecular formula is C19H23N3O4. The summed E-state index contributed by atoms with van der Waals surface area (Å²) in [5.74, 6) is 0.0207. The Bertz CT molecular complexity index is 778. The maximum atomic E-state index is 11.9. The van der Waals surface area contributed by atoms with E-state index in [2.05, 4.69) is 16.0 Å². The molecule has 0 fully saturated rings. The minimum absolute atomic E-state index is 0.0472. The molecule has 3 amide bonds. The first-order valence-electron chi connectivity index (χ1n) is 8.37. The first-order chi connectivity index (χ1) is 12.3. The highest BCUT2D eigenvalue weighted by molar-refractivity contribution is 6.00. The second kappa shape index (κ2) is 8.84. The molecule has 7 heteroatoms. The molecule has 138 valence electrons. The molecule has 26 heavy (non-hydrogen) atoms. The number of rotatable bonds is 7. The number of hydrogen-bond acceptors (Lipinski definition) is 4. The van der Waals surface area contributed by atoms with E-state index in [9.17, 15) is 14.4 Å². The molecule has 2 aromatic rings. The van der Waals surface area contributed by atoms with Gasteiger partial charge in [-0.3, -0.25) is 14.4 Å². The monoisotopic (exact) mass is 357 g/mol. The Balaban J connectivity index is 1.81. The molecule has 1 heterocycles. The summed E-state index contributed by atoms with van der Waals surface area (Å²) in [6, 6.07) is 8.34. The predicted octanol–water partition coefficient (Wildman–Crippen LogP) is 2.94. The van der Waals surface area contributed by atoms with E-state index in [1.54, 1.807) is 37.3 Å². The van der Waals surface area contributed by atoms with Gasteiger partial charge in [-0.25, -0.2) is 0 Å². The number of furan rings is 1. The first kappa shape index (κ1) is 19.2. The molecule has 0 aliphatic carbocycles. The number of benzene rings is 1. The molecule has 2 rings (SSSR count). The predicted molar refractivity (Wildman–Crippen MR) is 98.9 cm³/mol. The van der Waals surface area contributed by atoms with Gasteiger partial charge in [-0.15, -0.1) is 0 Å². The van der Waals surface area contributed by atoms with Crippen LogP contribution in [0.2, 0.25) is 0 Å². The van der Waals surface area contributed by atoms with Gasteiger partial charge < -0.3 is 20.4 Å². The van der Waals surface area contributed by atoms with Crippen LogP contribution in [0.15, 0.2) is 41.0 Å². The molecular weight excluding hydrogens is 334 g/mol. The molecule has 0 radical (unpaired) electrons. The van der Waals surface area contributed by atoms with Gasteiger partial charge in [0.05, 0.1) is 18.4 Å². The SMILES string of the molecule is Cc1occc1C(=O)NCC(=O)Nc1ccc(NC(=O)CC(C)C)cc1. The maximum absolute atomic E-state index is 11.9. The third-order valence-corrected chi connectivity index (χ3v) is 3.56. The summed E-state index contributed by atoms with van der Waals surface area (Å²) < 4.78 is 5.06. The van der Waals surface area contributed by atoms with Crippen molar-refractivity contribution in [3.05, 3.63) is 47.9 Å². The summed E-state index contributed by atoms with van der Waals surface area (Å²) >= 11 is 0. The van der Waals surface area contributed by atoms with E-state index in [1.807, 2.05) is 13.8 Å². The molecule has 0 bridgehead atoms. The van der Waals surface area contributed by atoms with Crippen LogP contribution >= 0.6 is 0 Å². The van der Waals surface area contributed by atoms with Crippen molar-refractivity contribution in [2.24, 2.45) is 5.92 Å². The topological polar surface area (TPSA) is 100 Å². The van der Waals surface area contributed by atoms with Crippen LogP contribution in [0, 0.1) is 12.8 Å². The average molecular weight is 357 g/mol. The van der Waals surface area contributed by atoms with E-state index in [1.165, 1.54) is 6.26 Å². The molecule has 0 saturated heterocycles. The van der Waals surface area contributed by atoms with E-state index in [0.29, 0.717) is 29.1 Å². The fourth-order valence-corrected chi connectivity index (χ4v) is 2.30. The Morgan fingerprint density at radius 1 is 0.962 bits per heavy atom. The number of nitrogens with one attached hydrogen (secondary N) is 3. The van der Waals surface area contributed by atoms with E-state index in [0.717, 1.165) is 0 Å². The maximum Gasteiger partial charge on any atom is 0.255 e. The quantitative estimate of drug-likeness (QED) is 0.709. The Kier molecular flexibility index (Phi) is 6.54. The van der Waals surface area contributed by atoms with Gasteiger partial charge in [0, 0.05) is 17.8 Å². The van der Waals surface area contributed by atoms with E-state index in [-0.39, 0.29) is 30.2 Å². The van der Waals surface area contributed by atoms with Crippen LogP contribution < -0.4 is 16.0 Å². The summed E-state index contributed by atoms with van der Waals surface area (Å²) in [7, 11) is 0. The zero-order valence-electron chi connectivity index (χ0n) is 15.1. The zero-order valence-corrected chi connectivity index (χ0v) is 15.1. The molecule has 3 N–H and O–H groups in total. The van der Waals surface area contributed by atoms with Gasteiger partial charge in [0.2, 0.25) is 11.8 Å². The Labute approximate surface area is 152 Å². The normalized spacial score (nSPS) is 10.5. The summed E-state index contributed by atoms with van der Waals surface area (Å²) in [6.07, 6.45) is 1.88. The Hall–Kier alpha value is -3.09. The minimum atomic E-state index is -0.366. The molecule has 1 aromatic carbocycles. The molecule has 1 aromatic heterocycles. The van der Waals surface area contributed by atoms with Gasteiger partial charge in [-0.2, -0.15) is 0 Å². The van der Waals surface area contributed by atoms with Crippen LogP contribution in [0.25, 0.3) is 0 Å². The molecule has 7 nitrogen and oxygen atoms in total. The molecule has 0 aliphatic heterocycles. The van der Waals surface area contributed by atoms with Gasteiger partial charge >= 0.3 is 0 Å². The molecule has 0 spiro atoms. The van der Waals surface area contributed by atoms with Crippen molar-refractivity contribution in [3.8, 4) is 0 Å². The third-order valence-electron chi connectivity index (χ3n) is 3.56. The van der Waals surface area contributed by atoms with Crippen LogP contribution in [0.4, 0.5) is 11.4 Å². The fraction of sp³-hybridized carbons (Fsp3) is 0.316. The summed E-state index contributed by atoms with van der Waals surface area (Å²) in [4.78, 5) is 35.6. The lowest BCUT2D eigenvalue weighted by Gasteiger charge is -2.09. The van der Waals surface area contributed by atoms with Crippen LogP contribution in [0.5, 0.6) is 0 Å². The van der Waals surface area contributed by atoms with Gasteiger partial charge in [0.25, 0.3) is 5.91 Å². The van der Waals surface area contributed by atoms with E-state index < -0.39 is 0 Å². The average Bonchev–Trinajstić information content (AvgIpc) is 3.00. The summed E-state index contributed by atoms with van der Waals surface area (Å²) in [5, 5.41) is 8.01. The second-order valence-electron chi connectivity index (χ2n) is 6.34. The lowest BCUT2D eigenvalue weighted by Crippen LogP contribution is -2.32. The molecule has 0 saturated carbocycles. The van der Waals surface area contributed by atoms with Crippen molar-refractivity contribution in [2.45, 2.75) is 27.2 Å². The number of carbonyl (C=O) groups excluding carboxylic acids is 3. The minimum Gasteiger partial charge on any atom is -0.469 e. The van der Waals surface area contributed by atoms with Crippen molar-refractivity contribution in [2.75, 3.05) is 17.2 Å². The summed E-state index contributed by atoms with van der Waals surface area (Å²) in [5.41, 5.74) is 1.64. The van der Waals surface area contributed by atoms with E-state index in [4.69, 9.17) is 4.42 Å². The number of carbonyl (C=O) groups is 3. The van der Waals surface area contributed by atoms with Crippen molar-refractivity contribution >= 4 is 29.1 Å². The third kappa shape index (κ3) is 5.77. The molecule has 0 unspecified atom stereocenters. The van der Waals surface area contributed by atoms with Crippen molar-refractivity contribution in [3.63, 3.8) is 0 Å². The highest BCUT2D eigenvalue weighted by atomic mass is 16.3. The largest absolute Gasteiger partial charge is 0.469 e. The van der Waals surface area contributed by atoms with Gasteiger partial charge in [0.1, 0.15) is 5.76 Å². The van der Waals surface area contributed by atoms with Crippen LogP contribution in [-0.2, 0) is 9.59 Å². The van der Waals surface area contributed by atoms with Crippen molar-refractivity contribution < 1.29 is 18.8 Å². The number of aryl methyl sites for hydroxylation is 1.